The van der Waals surface area contributed by atoms with E-state index < -0.39 is 17.8 Å². The first-order valence-electron chi connectivity index (χ1n) is 8.30. The maximum atomic E-state index is 13.8. The van der Waals surface area contributed by atoms with Gasteiger partial charge < -0.3 is 19.7 Å². The monoisotopic (exact) mass is 374 g/mol. The number of nitrogens with zero attached hydrogens (tertiary/aromatic N) is 2. The number of aromatic nitrogens is 1. The van der Waals surface area contributed by atoms with Crippen LogP contribution in [0, 0.1) is 5.82 Å². The van der Waals surface area contributed by atoms with Crippen LogP contribution >= 0.6 is 0 Å². The van der Waals surface area contributed by atoms with Gasteiger partial charge in [0.25, 0.3) is 5.91 Å². The number of anilines is 3. The molecule has 2 aromatic rings. The molecule has 0 unspecified atom stereocenters. The van der Waals surface area contributed by atoms with Crippen molar-refractivity contribution in [2.24, 2.45) is 0 Å². The van der Waals surface area contributed by atoms with Crippen LogP contribution in [0.1, 0.15) is 10.4 Å². The zero-order valence-electron chi connectivity index (χ0n) is 14.7. The van der Waals surface area contributed by atoms with Gasteiger partial charge in [-0.25, -0.2) is 9.18 Å². The number of methoxy groups -OCH3 is 1. The third-order valence-electron chi connectivity index (χ3n) is 4.01. The number of pyridine rings is 1. The Labute approximate surface area is 155 Å². The number of carbonyl (C=O) groups excluding carboxylic acids is 2. The van der Waals surface area contributed by atoms with Gasteiger partial charge in [0.2, 0.25) is 0 Å². The standard InChI is InChI=1S/C18H19FN4O4/c1-26-18(25)22-16-9-13(2-3-15(16)19)21-17(24)12-8-14(11-20-10-12)23-4-6-27-7-5-23/h2-3,8-11H,4-7H2,1H3,(H,21,24)(H,22,25). The Morgan fingerprint density at radius 1 is 1.19 bits per heavy atom. The van der Waals surface area contributed by atoms with E-state index in [9.17, 15) is 14.0 Å². The Balaban J connectivity index is 1.73. The fourth-order valence-corrected chi connectivity index (χ4v) is 2.61. The van der Waals surface area contributed by atoms with Crippen molar-refractivity contribution in [2.75, 3.05) is 48.9 Å². The normalized spacial score (nSPS) is 13.8. The number of amides is 2. The fraction of sp³-hybridized carbons (Fsp3) is 0.278. The zero-order valence-corrected chi connectivity index (χ0v) is 14.7. The summed E-state index contributed by atoms with van der Waals surface area (Å²) in [6, 6.07) is 5.59. The number of hydrogen-bond donors (Lipinski definition) is 2. The summed E-state index contributed by atoms with van der Waals surface area (Å²) in [7, 11) is 1.17. The highest BCUT2D eigenvalue weighted by Gasteiger charge is 2.15. The molecule has 2 amide bonds. The van der Waals surface area contributed by atoms with Crippen molar-refractivity contribution in [3.63, 3.8) is 0 Å². The molecule has 0 radical (unpaired) electrons. The van der Waals surface area contributed by atoms with Gasteiger partial charge in [-0.3, -0.25) is 15.1 Å². The van der Waals surface area contributed by atoms with Crippen molar-refractivity contribution in [1.29, 1.82) is 0 Å². The predicted molar refractivity (Wildman–Crippen MR) is 97.6 cm³/mol. The number of halogens is 1. The highest BCUT2D eigenvalue weighted by atomic mass is 19.1. The van der Waals surface area contributed by atoms with Gasteiger partial charge in [0, 0.05) is 25.0 Å². The lowest BCUT2D eigenvalue weighted by Crippen LogP contribution is -2.36. The SMILES string of the molecule is COC(=O)Nc1cc(NC(=O)c2cncc(N3CCOCC3)c2)ccc1F. The van der Waals surface area contributed by atoms with Crippen LogP contribution in [0.25, 0.3) is 0 Å². The van der Waals surface area contributed by atoms with Gasteiger partial charge >= 0.3 is 6.09 Å². The Morgan fingerprint density at radius 2 is 1.96 bits per heavy atom. The molecule has 142 valence electrons. The van der Waals surface area contributed by atoms with E-state index in [0.29, 0.717) is 24.5 Å². The molecular weight excluding hydrogens is 355 g/mol. The van der Waals surface area contributed by atoms with Gasteiger partial charge in [0.15, 0.2) is 0 Å². The van der Waals surface area contributed by atoms with Crippen molar-refractivity contribution in [3.05, 3.63) is 48.0 Å². The smallest absolute Gasteiger partial charge is 0.411 e. The highest BCUT2D eigenvalue weighted by molar-refractivity contribution is 6.05. The Hall–Kier alpha value is -3.20. The summed E-state index contributed by atoms with van der Waals surface area (Å²) in [5.41, 5.74) is 1.42. The lowest BCUT2D eigenvalue weighted by atomic mass is 10.2. The van der Waals surface area contributed by atoms with Crippen molar-refractivity contribution in [2.45, 2.75) is 0 Å². The molecule has 0 saturated carbocycles. The van der Waals surface area contributed by atoms with E-state index in [4.69, 9.17) is 4.74 Å². The average Bonchev–Trinajstić information content (AvgIpc) is 2.71. The minimum atomic E-state index is -0.806. The molecule has 0 bridgehead atoms. The first kappa shape index (κ1) is 18.6. The molecule has 9 heteroatoms. The van der Waals surface area contributed by atoms with Crippen molar-refractivity contribution < 1.29 is 23.5 Å². The van der Waals surface area contributed by atoms with Gasteiger partial charge in [-0.05, 0) is 24.3 Å². The maximum absolute atomic E-state index is 13.8. The quantitative estimate of drug-likeness (QED) is 0.854. The Kier molecular flexibility index (Phi) is 5.82. The summed E-state index contributed by atoms with van der Waals surface area (Å²) in [6.45, 7) is 2.71. The minimum Gasteiger partial charge on any atom is -0.453 e. The molecule has 8 nitrogen and oxygen atoms in total. The van der Waals surface area contributed by atoms with Crippen LogP contribution < -0.4 is 15.5 Å². The molecule has 0 atom stereocenters. The van der Waals surface area contributed by atoms with E-state index in [2.05, 4.69) is 25.3 Å². The molecule has 0 spiro atoms. The molecule has 2 N–H and O–H groups in total. The second-order valence-electron chi connectivity index (χ2n) is 5.80. The van der Waals surface area contributed by atoms with Crippen LogP contribution in [-0.4, -0.2) is 50.4 Å². The van der Waals surface area contributed by atoms with Crippen LogP contribution in [0.3, 0.4) is 0 Å². The van der Waals surface area contributed by atoms with E-state index in [1.165, 1.54) is 25.4 Å². The molecule has 3 rings (SSSR count). The summed E-state index contributed by atoms with van der Waals surface area (Å²) in [6.07, 6.45) is 2.34. The minimum absolute atomic E-state index is 0.0974. The summed E-state index contributed by atoms with van der Waals surface area (Å²) in [5.74, 6) is -1.04. The molecule has 0 aliphatic carbocycles. The highest BCUT2D eigenvalue weighted by Crippen LogP contribution is 2.21. The number of benzene rings is 1. The first-order valence-corrected chi connectivity index (χ1v) is 8.30. The van der Waals surface area contributed by atoms with Crippen LogP contribution in [0.4, 0.5) is 26.2 Å². The molecule has 1 aliphatic heterocycles. The average molecular weight is 374 g/mol. The second kappa shape index (κ2) is 8.45. The number of hydrogen-bond acceptors (Lipinski definition) is 6. The van der Waals surface area contributed by atoms with Crippen LogP contribution in [-0.2, 0) is 9.47 Å². The molecular formula is C18H19FN4O4. The van der Waals surface area contributed by atoms with Crippen LogP contribution in [0.15, 0.2) is 36.7 Å². The molecule has 1 saturated heterocycles. The van der Waals surface area contributed by atoms with Crippen LogP contribution in [0.5, 0.6) is 0 Å². The van der Waals surface area contributed by atoms with E-state index in [0.717, 1.165) is 24.8 Å². The number of rotatable bonds is 4. The lowest BCUT2D eigenvalue weighted by Gasteiger charge is -2.28. The molecule has 1 aromatic carbocycles. The van der Waals surface area contributed by atoms with Gasteiger partial charge in [-0.2, -0.15) is 0 Å². The summed E-state index contributed by atoms with van der Waals surface area (Å²) >= 11 is 0. The summed E-state index contributed by atoms with van der Waals surface area (Å²) in [5, 5.41) is 4.91. The first-order chi connectivity index (χ1) is 13.1. The Bertz CT molecular complexity index is 840. The van der Waals surface area contributed by atoms with Gasteiger partial charge in [0.1, 0.15) is 5.82 Å². The van der Waals surface area contributed by atoms with Gasteiger partial charge in [-0.1, -0.05) is 0 Å². The van der Waals surface area contributed by atoms with Crippen molar-refractivity contribution >= 4 is 29.1 Å². The second-order valence-corrected chi connectivity index (χ2v) is 5.80. The third kappa shape index (κ3) is 4.70. The Morgan fingerprint density at radius 3 is 2.70 bits per heavy atom. The van der Waals surface area contributed by atoms with Gasteiger partial charge in [-0.15, -0.1) is 0 Å². The molecule has 27 heavy (non-hydrogen) atoms. The van der Waals surface area contributed by atoms with Crippen LogP contribution in [0.2, 0.25) is 0 Å². The largest absolute Gasteiger partial charge is 0.453 e. The van der Waals surface area contributed by atoms with E-state index in [1.54, 1.807) is 12.3 Å². The predicted octanol–water partition coefficient (Wildman–Crippen LogP) is 2.49. The lowest BCUT2D eigenvalue weighted by molar-refractivity contribution is 0.102. The summed E-state index contributed by atoms with van der Waals surface area (Å²) in [4.78, 5) is 30.0. The third-order valence-corrected chi connectivity index (χ3v) is 4.01. The summed E-state index contributed by atoms with van der Waals surface area (Å²) < 4.78 is 23.5. The van der Waals surface area contributed by atoms with E-state index in [1.807, 2.05) is 0 Å². The number of ether oxygens (including phenoxy) is 2. The molecule has 1 fully saturated rings. The molecule has 1 aromatic heterocycles. The molecule has 1 aliphatic rings. The van der Waals surface area contributed by atoms with Crippen molar-refractivity contribution in [3.8, 4) is 0 Å². The zero-order chi connectivity index (χ0) is 19.2. The maximum Gasteiger partial charge on any atom is 0.411 e. The topological polar surface area (TPSA) is 92.8 Å². The van der Waals surface area contributed by atoms with E-state index >= 15 is 0 Å². The number of morpholine rings is 1. The van der Waals surface area contributed by atoms with Gasteiger partial charge in [0.05, 0.1) is 43.5 Å². The van der Waals surface area contributed by atoms with Crippen molar-refractivity contribution in [1.82, 2.24) is 4.98 Å². The number of nitrogens with one attached hydrogen (secondary N) is 2. The van der Waals surface area contributed by atoms with E-state index in [-0.39, 0.29) is 5.69 Å². The fourth-order valence-electron chi connectivity index (χ4n) is 2.61. The number of carbonyl (C=O) groups is 2. The molecule has 2 heterocycles.